The topological polar surface area (TPSA) is 59.0 Å². The van der Waals surface area contributed by atoms with Crippen LogP contribution in [0.1, 0.15) is 54.3 Å². The van der Waals surface area contributed by atoms with E-state index < -0.39 is 5.97 Å². The van der Waals surface area contributed by atoms with E-state index in [1.165, 1.54) is 0 Å². The second kappa shape index (κ2) is 7.80. The van der Waals surface area contributed by atoms with Gasteiger partial charge in [-0.1, -0.05) is 23.7 Å². The van der Waals surface area contributed by atoms with Gasteiger partial charge < -0.3 is 14.6 Å². The number of ether oxygens (including phenoxy) is 2. The van der Waals surface area contributed by atoms with E-state index in [1.54, 1.807) is 12.1 Å². The number of rotatable bonds is 3. The van der Waals surface area contributed by atoms with Crippen molar-refractivity contribution in [2.75, 3.05) is 13.1 Å². The standard InChI is InChI=1S/C25H28ClNO4/c1-25(2)20-11-17-14-27(13-15-3-5-16(6-4-15)24(28)29)10-9-21(17)30-23(20)19-12-18(26)7-8-22(19)31-25/h3-8,12,17,20-21,23H,9-11,13-14H2,1-2H3,(H,28,29)/t17-,20+,21+,23-/m1/s1. The molecule has 0 aliphatic carbocycles. The number of fused-ring (bicyclic) bond motifs is 4. The fourth-order valence-corrected chi connectivity index (χ4v) is 5.69. The minimum absolute atomic E-state index is 0.0220. The molecule has 3 heterocycles. The van der Waals surface area contributed by atoms with Gasteiger partial charge in [-0.15, -0.1) is 0 Å². The normalized spacial score (nSPS) is 29.3. The summed E-state index contributed by atoms with van der Waals surface area (Å²) in [5.41, 5.74) is 2.25. The van der Waals surface area contributed by atoms with Crippen LogP contribution >= 0.6 is 11.6 Å². The van der Waals surface area contributed by atoms with Gasteiger partial charge in [-0.3, -0.25) is 4.90 Å². The van der Waals surface area contributed by atoms with Crippen LogP contribution in [0.25, 0.3) is 0 Å². The molecule has 4 atom stereocenters. The minimum atomic E-state index is -0.888. The molecule has 3 aliphatic rings. The number of carboxylic acids is 1. The number of hydrogen-bond donors (Lipinski definition) is 1. The van der Waals surface area contributed by atoms with Crippen LogP contribution in [-0.4, -0.2) is 40.8 Å². The molecule has 0 unspecified atom stereocenters. The highest BCUT2D eigenvalue weighted by Crippen LogP contribution is 2.53. The Balaban J connectivity index is 1.31. The summed E-state index contributed by atoms with van der Waals surface area (Å²) in [4.78, 5) is 13.5. The van der Waals surface area contributed by atoms with Gasteiger partial charge in [0, 0.05) is 36.1 Å². The zero-order valence-corrected chi connectivity index (χ0v) is 18.6. The number of hydrogen-bond acceptors (Lipinski definition) is 4. The quantitative estimate of drug-likeness (QED) is 0.711. The van der Waals surface area contributed by atoms with Gasteiger partial charge in [0.2, 0.25) is 0 Å². The molecule has 2 aromatic rings. The van der Waals surface area contributed by atoms with E-state index in [1.807, 2.05) is 30.3 Å². The number of piperidine rings is 1. The zero-order valence-electron chi connectivity index (χ0n) is 17.9. The Bertz CT molecular complexity index is 990. The number of carbonyl (C=O) groups is 1. The molecule has 164 valence electrons. The second-order valence-corrected chi connectivity index (χ2v) is 10.0. The van der Waals surface area contributed by atoms with Crippen molar-refractivity contribution in [3.63, 3.8) is 0 Å². The molecule has 5 rings (SSSR count). The molecule has 1 N–H and O–H groups in total. The average Bonchev–Trinajstić information content (AvgIpc) is 2.74. The maximum Gasteiger partial charge on any atom is 0.335 e. The van der Waals surface area contributed by atoms with E-state index in [2.05, 4.69) is 18.7 Å². The van der Waals surface area contributed by atoms with Crippen molar-refractivity contribution >= 4 is 17.6 Å². The number of nitrogens with zero attached hydrogens (tertiary/aromatic N) is 1. The van der Waals surface area contributed by atoms with E-state index in [0.717, 1.165) is 54.4 Å². The lowest BCUT2D eigenvalue weighted by Crippen LogP contribution is -2.55. The third kappa shape index (κ3) is 3.95. The summed E-state index contributed by atoms with van der Waals surface area (Å²) in [5, 5.41) is 9.82. The molecular weight excluding hydrogens is 414 g/mol. The first-order valence-electron chi connectivity index (χ1n) is 11.0. The lowest BCUT2D eigenvalue weighted by Gasteiger charge is -2.53. The Hall–Kier alpha value is -2.08. The van der Waals surface area contributed by atoms with Crippen molar-refractivity contribution in [2.45, 2.75) is 51.0 Å². The Morgan fingerprint density at radius 3 is 2.74 bits per heavy atom. The van der Waals surface area contributed by atoms with Gasteiger partial charge in [0.05, 0.1) is 17.8 Å². The van der Waals surface area contributed by atoms with Crippen LogP contribution in [0, 0.1) is 11.8 Å². The van der Waals surface area contributed by atoms with E-state index in [4.69, 9.17) is 26.2 Å². The van der Waals surface area contributed by atoms with Crippen molar-refractivity contribution in [3.8, 4) is 5.75 Å². The Morgan fingerprint density at radius 2 is 2.00 bits per heavy atom. The van der Waals surface area contributed by atoms with Gasteiger partial charge in [-0.2, -0.15) is 0 Å². The lowest BCUT2D eigenvalue weighted by molar-refractivity contribution is -0.187. The summed E-state index contributed by atoms with van der Waals surface area (Å²) in [6.07, 6.45) is 2.32. The highest BCUT2D eigenvalue weighted by atomic mass is 35.5. The third-order valence-corrected chi connectivity index (χ3v) is 7.38. The fourth-order valence-electron chi connectivity index (χ4n) is 5.51. The zero-order chi connectivity index (χ0) is 21.8. The van der Waals surface area contributed by atoms with E-state index in [-0.39, 0.29) is 23.7 Å². The van der Waals surface area contributed by atoms with Crippen LogP contribution in [0.4, 0.5) is 0 Å². The number of carboxylic acid groups (broad SMARTS) is 1. The van der Waals surface area contributed by atoms with Gasteiger partial charge in [0.25, 0.3) is 0 Å². The van der Waals surface area contributed by atoms with Crippen molar-refractivity contribution in [2.24, 2.45) is 11.8 Å². The SMILES string of the molecule is CC1(C)Oc2ccc(Cl)cc2[C@H]2O[C@H]3CCN(Cc4ccc(C(=O)O)cc4)C[C@H]3C[C@@H]21. The molecule has 0 spiro atoms. The summed E-state index contributed by atoms with van der Waals surface area (Å²) in [6.45, 7) is 7.11. The summed E-state index contributed by atoms with van der Waals surface area (Å²) in [5.74, 6) is 0.726. The molecule has 0 radical (unpaired) electrons. The summed E-state index contributed by atoms with van der Waals surface area (Å²) in [7, 11) is 0. The highest BCUT2D eigenvalue weighted by molar-refractivity contribution is 6.30. The number of aromatic carboxylic acids is 1. The molecule has 2 aromatic carbocycles. The van der Waals surface area contributed by atoms with Gasteiger partial charge in [0.15, 0.2) is 0 Å². The Kier molecular flexibility index (Phi) is 5.24. The summed E-state index contributed by atoms with van der Waals surface area (Å²) in [6, 6.07) is 13.0. The Labute approximate surface area is 187 Å². The Morgan fingerprint density at radius 1 is 1.23 bits per heavy atom. The molecular formula is C25H28ClNO4. The van der Waals surface area contributed by atoms with E-state index >= 15 is 0 Å². The highest BCUT2D eigenvalue weighted by Gasteiger charge is 2.51. The average molecular weight is 442 g/mol. The molecule has 0 bridgehead atoms. The van der Waals surface area contributed by atoms with Gasteiger partial charge >= 0.3 is 5.97 Å². The molecule has 2 fully saturated rings. The molecule has 6 heteroatoms. The van der Waals surface area contributed by atoms with Crippen molar-refractivity contribution in [3.05, 3.63) is 64.2 Å². The molecule has 0 saturated carbocycles. The van der Waals surface area contributed by atoms with Crippen molar-refractivity contribution < 1.29 is 19.4 Å². The number of benzene rings is 2. The number of likely N-dealkylation sites (tertiary alicyclic amines) is 1. The van der Waals surface area contributed by atoms with E-state index in [9.17, 15) is 4.79 Å². The third-order valence-electron chi connectivity index (χ3n) is 7.14. The maximum absolute atomic E-state index is 11.1. The molecule has 2 saturated heterocycles. The fraction of sp³-hybridized carbons (Fsp3) is 0.480. The largest absolute Gasteiger partial charge is 0.487 e. The van der Waals surface area contributed by atoms with E-state index in [0.29, 0.717) is 11.5 Å². The first-order chi connectivity index (χ1) is 14.8. The van der Waals surface area contributed by atoms with Crippen LogP contribution < -0.4 is 4.74 Å². The lowest BCUT2D eigenvalue weighted by atomic mass is 9.70. The molecule has 3 aliphatic heterocycles. The van der Waals surface area contributed by atoms with Gasteiger partial charge in [-0.05, 0) is 68.5 Å². The maximum atomic E-state index is 11.1. The first-order valence-corrected chi connectivity index (χ1v) is 11.4. The summed E-state index contributed by atoms with van der Waals surface area (Å²) >= 11 is 6.29. The molecule has 0 aromatic heterocycles. The van der Waals surface area contributed by atoms with Crippen LogP contribution in [0.3, 0.4) is 0 Å². The first kappa shape index (κ1) is 20.8. The number of halogens is 1. The van der Waals surface area contributed by atoms with Crippen LogP contribution in [0.15, 0.2) is 42.5 Å². The molecule has 31 heavy (non-hydrogen) atoms. The minimum Gasteiger partial charge on any atom is -0.487 e. The predicted octanol–water partition coefficient (Wildman–Crippen LogP) is 5.18. The monoisotopic (exact) mass is 441 g/mol. The van der Waals surface area contributed by atoms with Crippen LogP contribution in [0.5, 0.6) is 5.75 Å². The van der Waals surface area contributed by atoms with Gasteiger partial charge in [-0.25, -0.2) is 4.79 Å². The van der Waals surface area contributed by atoms with Crippen molar-refractivity contribution in [1.82, 2.24) is 4.90 Å². The summed E-state index contributed by atoms with van der Waals surface area (Å²) < 4.78 is 13.1. The van der Waals surface area contributed by atoms with Gasteiger partial charge in [0.1, 0.15) is 11.4 Å². The van der Waals surface area contributed by atoms with Crippen LogP contribution in [-0.2, 0) is 11.3 Å². The molecule has 5 nitrogen and oxygen atoms in total. The predicted molar refractivity (Wildman–Crippen MR) is 119 cm³/mol. The molecule has 0 amide bonds. The second-order valence-electron chi connectivity index (χ2n) is 9.61. The van der Waals surface area contributed by atoms with Crippen LogP contribution in [0.2, 0.25) is 5.02 Å². The van der Waals surface area contributed by atoms with Crippen molar-refractivity contribution in [1.29, 1.82) is 0 Å². The smallest absolute Gasteiger partial charge is 0.335 e.